The van der Waals surface area contributed by atoms with Crippen LogP contribution in [0.4, 0.5) is 5.69 Å². The molecule has 2 aliphatic heterocycles. The molecule has 0 spiro atoms. The molecule has 0 fully saturated rings. The van der Waals surface area contributed by atoms with Crippen LogP contribution in [0.15, 0.2) is 99.9 Å². The second-order valence-corrected chi connectivity index (χ2v) is 11.6. The Kier molecular flexibility index (Phi) is 7.58. The lowest BCUT2D eigenvalue weighted by atomic mass is 9.95. The lowest BCUT2D eigenvalue weighted by molar-refractivity contribution is -0.143. The van der Waals surface area contributed by atoms with Crippen LogP contribution < -0.4 is 24.5 Å². The Hall–Kier alpha value is -4.76. The Balaban J connectivity index is 1.55. The summed E-state index contributed by atoms with van der Waals surface area (Å²) >= 11 is 1.16. The van der Waals surface area contributed by atoms with Crippen molar-refractivity contribution in [2.75, 3.05) is 11.5 Å². The summed E-state index contributed by atoms with van der Waals surface area (Å²) in [5.74, 6) is -0.105. The minimum Gasteiger partial charge on any atom is -0.494 e. The quantitative estimate of drug-likeness (QED) is 0.295. The molecule has 3 heterocycles. The fraction of sp³-hybridized carbons (Fsp3) is 0.235. The lowest BCUT2D eigenvalue weighted by Crippen LogP contribution is -2.41. The van der Waals surface area contributed by atoms with Crippen LogP contribution in [0, 0.1) is 0 Å². The van der Waals surface area contributed by atoms with Gasteiger partial charge < -0.3 is 14.4 Å². The summed E-state index contributed by atoms with van der Waals surface area (Å²) in [6.45, 7) is 8.10. The van der Waals surface area contributed by atoms with Crippen molar-refractivity contribution in [3.8, 4) is 5.75 Å². The topological polar surface area (TPSA) is 90.2 Å². The van der Waals surface area contributed by atoms with E-state index >= 15 is 0 Å². The number of carbonyl (C=O) groups is 2. The van der Waals surface area contributed by atoms with E-state index in [1.54, 1.807) is 25.7 Å². The van der Waals surface area contributed by atoms with Crippen LogP contribution in [0.5, 0.6) is 5.75 Å². The highest BCUT2D eigenvalue weighted by atomic mass is 32.1. The smallest absolute Gasteiger partial charge is 0.338 e. The van der Waals surface area contributed by atoms with Crippen LogP contribution in [0.2, 0.25) is 0 Å². The average Bonchev–Trinajstić information content (AvgIpc) is 3.45. The monoisotopic (exact) mass is 593 g/mol. The Bertz CT molecular complexity index is 1940. The van der Waals surface area contributed by atoms with Gasteiger partial charge in [-0.1, -0.05) is 72.0 Å². The number of anilines is 1. The van der Waals surface area contributed by atoms with Crippen molar-refractivity contribution >= 4 is 34.5 Å². The number of benzene rings is 3. The molecule has 1 amide bonds. The number of para-hydroxylation sites is 1. The maximum atomic E-state index is 14.4. The maximum absolute atomic E-state index is 14.4. The fourth-order valence-electron chi connectivity index (χ4n) is 5.56. The third kappa shape index (κ3) is 5.10. The number of fused-ring (bicyclic) bond motifs is 2. The number of allylic oxidation sites excluding steroid dienone is 1. The van der Waals surface area contributed by atoms with Gasteiger partial charge in [0.25, 0.3) is 11.5 Å². The van der Waals surface area contributed by atoms with Gasteiger partial charge in [-0.2, -0.15) is 0 Å². The molecule has 0 saturated carbocycles. The fourth-order valence-corrected chi connectivity index (χ4v) is 6.70. The standard InChI is InChI=1S/C34H31N3O5S/c1-5-41-24-17-15-23(16-18-24)29-27(33(40)42-20(2)3)21(4)35-34-37(29)32(39)30(43-34)28-25-13-9-10-14-26(25)36(31(28)38)19-22-11-7-6-8-12-22/h6-18,20,29H,5,19H2,1-4H3/b30-28+/t29-/m1/s1. The molecule has 3 aromatic carbocycles. The number of hydrogen-bond donors (Lipinski definition) is 0. The maximum Gasteiger partial charge on any atom is 0.338 e. The second kappa shape index (κ2) is 11.5. The van der Waals surface area contributed by atoms with Gasteiger partial charge in [-0.05, 0) is 57.0 Å². The highest BCUT2D eigenvalue weighted by Gasteiger charge is 2.37. The zero-order valence-electron chi connectivity index (χ0n) is 24.4. The molecule has 1 atom stereocenters. The molecule has 0 radical (unpaired) electrons. The summed E-state index contributed by atoms with van der Waals surface area (Å²) in [6.07, 6.45) is -0.358. The van der Waals surface area contributed by atoms with E-state index in [-0.39, 0.29) is 27.7 Å². The van der Waals surface area contributed by atoms with E-state index in [4.69, 9.17) is 14.5 Å². The summed E-state index contributed by atoms with van der Waals surface area (Å²) in [5, 5.41) is 0. The molecule has 0 saturated heterocycles. The lowest BCUT2D eigenvalue weighted by Gasteiger charge is -2.25. The Morgan fingerprint density at radius 1 is 0.977 bits per heavy atom. The average molecular weight is 594 g/mol. The molecule has 4 aromatic rings. The van der Waals surface area contributed by atoms with E-state index < -0.39 is 12.0 Å². The van der Waals surface area contributed by atoms with E-state index in [1.807, 2.05) is 85.8 Å². The number of hydrogen-bond acceptors (Lipinski definition) is 7. The van der Waals surface area contributed by atoms with E-state index in [0.717, 1.165) is 22.6 Å². The van der Waals surface area contributed by atoms with Gasteiger partial charge in [0.2, 0.25) is 0 Å². The second-order valence-electron chi connectivity index (χ2n) is 10.6. The Labute approximate surface area is 252 Å². The molecule has 0 unspecified atom stereocenters. The minimum atomic E-state index is -0.792. The van der Waals surface area contributed by atoms with Crippen molar-refractivity contribution in [3.05, 3.63) is 127 Å². The van der Waals surface area contributed by atoms with Crippen molar-refractivity contribution in [3.63, 3.8) is 0 Å². The molecule has 0 aliphatic carbocycles. The third-order valence-corrected chi connectivity index (χ3v) is 8.45. The van der Waals surface area contributed by atoms with Crippen LogP contribution >= 0.6 is 11.3 Å². The van der Waals surface area contributed by atoms with Gasteiger partial charge in [0, 0.05) is 5.56 Å². The normalized spacial score (nSPS) is 17.1. The summed E-state index contributed by atoms with van der Waals surface area (Å²) in [4.78, 5) is 48.7. The number of nitrogens with zero attached hydrogens (tertiary/aromatic N) is 3. The molecule has 218 valence electrons. The van der Waals surface area contributed by atoms with Gasteiger partial charge in [0.15, 0.2) is 4.80 Å². The predicted molar refractivity (Wildman–Crippen MR) is 166 cm³/mol. The minimum absolute atomic E-state index is 0.247. The van der Waals surface area contributed by atoms with E-state index in [1.165, 1.54) is 4.57 Å². The SMILES string of the molecule is CCOc1ccc([C@@H]2C(C(=O)OC(C)C)=C(C)N=c3s/c(=C4/C(=O)N(Cc5ccccc5)c5ccccc54)c(=O)n32)cc1. The van der Waals surface area contributed by atoms with Gasteiger partial charge in [0.1, 0.15) is 10.3 Å². The number of thiazole rings is 1. The van der Waals surface area contributed by atoms with Crippen molar-refractivity contribution < 1.29 is 19.1 Å². The predicted octanol–water partition coefficient (Wildman–Crippen LogP) is 4.50. The molecule has 43 heavy (non-hydrogen) atoms. The number of rotatable bonds is 7. The molecule has 0 bridgehead atoms. The molecular weight excluding hydrogens is 562 g/mol. The van der Waals surface area contributed by atoms with Crippen LogP contribution in [-0.4, -0.2) is 29.2 Å². The first-order chi connectivity index (χ1) is 20.8. The van der Waals surface area contributed by atoms with Gasteiger partial charge >= 0.3 is 5.97 Å². The molecule has 0 N–H and O–H groups in total. The number of carbonyl (C=O) groups excluding carboxylic acids is 2. The van der Waals surface area contributed by atoms with E-state index in [0.29, 0.717) is 46.1 Å². The molecule has 6 rings (SSSR count). The number of esters is 1. The zero-order valence-corrected chi connectivity index (χ0v) is 25.2. The molecular formula is C34H31N3O5S. The molecule has 9 heteroatoms. The van der Waals surface area contributed by atoms with Crippen LogP contribution in [0.25, 0.3) is 5.57 Å². The van der Waals surface area contributed by atoms with Crippen molar-refractivity contribution in [2.24, 2.45) is 4.99 Å². The van der Waals surface area contributed by atoms with Crippen LogP contribution in [-0.2, 0) is 20.9 Å². The van der Waals surface area contributed by atoms with Gasteiger partial charge in [-0.15, -0.1) is 0 Å². The Morgan fingerprint density at radius 2 is 1.67 bits per heavy atom. The first kappa shape index (κ1) is 28.4. The van der Waals surface area contributed by atoms with Crippen LogP contribution in [0.3, 0.4) is 0 Å². The van der Waals surface area contributed by atoms with Crippen molar-refractivity contribution in [2.45, 2.75) is 46.4 Å². The first-order valence-electron chi connectivity index (χ1n) is 14.2. The summed E-state index contributed by atoms with van der Waals surface area (Å²) in [6, 6.07) is 23.8. The Morgan fingerprint density at radius 3 is 2.37 bits per heavy atom. The number of amides is 1. The summed E-state index contributed by atoms with van der Waals surface area (Å²) in [7, 11) is 0. The molecule has 2 aliphatic rings. The largest absolute Gasteiger partial charge is 0.494 e. The van der Waals surface area contributed by atoms with Crippen molar-refractivity contribution in [1.29, 1.82) is 0 Å². The molecule has 8 nitrogen and oxygen atoms in total. The number of aromatic nitrogens is 1. The van der Waals surface area contributed by atoms with Crippen molar-refractivity contribution in [1.82, 2.24) is 4.57 Å². The van der Waals surface area contributed by atoms with E-state index in [2.05, 4.69) is 0 Å². The summed E-state index contributed by atoms with van der Waals surface area (Å²) in [5.41, 5.74) is 3.83. The highest BCUT2D eigenvalue weighted by molar-refractivity contribution is 7.07. The first-order valence-corrected chi connectivity index (χ1v) is 15.0. The van der Waals surface area contributed by atoms with Gasteiger partial charge in [0.05, 0.1) is 47.8 Å². The van der Waals surface area contributed by atoms with Crippen LogP contribution in [0.1, 0.15) is 50.4 Å². The number of ether oxygens (including phenoxy) is 2. The van der Waals surface area contributed by atoms with Gasteiger partial charge in [-0.25, -0.2) is 9.79 Å². The highest BCUT2D eigenvalue weighted by Crippen LogP contribution is 2.37. The zero-order chi connectivity index (χ0) is 30.2. The third-order valence-electron chi connectivity index (χ3n) is 7.40. The van der Waals surface area contributed by atoms with E-state index in [9.17, 15) is 14.4 Å². The molecule has 1 aromatic heterocycles. The van der Waals surface area contributed by atoms with Gasteiger partial charge in [-0.3, -0.25) is 14.2 Å². The summed E-state index contributed by atoms with van der Waals surface area (Å²) < 4.78 is 13.0.